The molecule has 6 heteroatoms. The van der Waals surface area contributed by atoms with Gasteiger partial charge in [-0.15, -0.1) is 0 Å². The fourth-order valence-corrected chi connectivity index (χ4v) is 1.59. The maximum Gasteiger partial charge on any atom is 0.220 e. The van der Waals surface area contributed by atoms with Crippen LogP contribution in [0.4, 0.5) is 16.0 Å². The zero-order valence-corrected chi connectivity index (χ0v) is 9.73. The zero-order chi connectivity index (χ0) is 13.0. The van der Waals surface area contributed by atoms with Gasteiger partial charge in [0.1, 0.15) is 11.5 Å². The highest BCUT2D eigenvalue weighted by molar-refractivity contribution is 5.74. The predicted molar refractivity (Wildman–Crippen MR) is 69.4 cm³/mol. The molecule has 2 rings (SSSR count). The smallest absolute Gasteiger partial charge is 0.220 e. The van der Waals surface area contributed by atoms with Crippen LogP contribution < -0.4 is 16.8 Å². The van der Waals surface area contributed by atoms with E-state index in [1.54, 1.807) is 18.2 Å². The normalized spacial score (nSPS) is 10.3. The highest BCUT2D eigenvalue weighted by Crippen LogP contribution is 2.27. The van der Waals surface area contributed by atoms with Gasteiger partial charge in [-0.3, -0.25) is 0 Å². The summed E-state index contributed by atoms with van der Waals surface area (Å²) in [6.07, 6.45) is 1.53. The molecule has 0 aliphatic heterocycles. The molecule has 1 aromatic carbocycles. The van der Waals surface area contributed by atoms with Gasteiger partial charge in [0.05, 0.1) is 11.9 Å². The lowest BCUT2D eigenvalue weighted by Crippen LogP contribution is -2.14. The van der Waals surface area contributed by atoms with Crippen molar-refractivity contribution in [2.45, 2.75) is 0 Å². The lowest BCUT2D eigenvalue weighted by molar-refractivity contribution is 0.631. The van der Waals surface area contributed by atoms with Crippen LogP contribution in [0, 0.1) is 5.82 Å². The van der Waals surface area contributed by atoms with E-state index in [9.17, 15) is 4.39 Å². The van der Waals surface area contributed by atoms with Crippen molar-refractivity contribution in [1.82, 2.24) is 9.97 Å². The fourth-order valence-electron chi connectivity index (χ4n) is 1.59. The van der Waals surface area contributed by atoms with Crippen molar-refractivity contribution in [3.8, 4) is 11.3 Å². The predicted octanol–water partition coefficient (Wildman–Crippen LogP) is 1.24. The van der Waals surface area contributed by atoms with Crippen molar-refractivity contribution in [3.63, 3.8) is 0 Å². The van der Waals surface area contributed by atoms with Crippen LogP contribution in [0.15, 0.2) is 30.5 Å². The Balaban J connectivity index is 2.48. The Morgan fingerprint density at radius 3 is 2.78 bits per heavy atom. The lowest BCUT2D eigenvalue weighted by atomic mass is 10.1. The number of aromatic nitrogens is 2. The summed E-state index contributed by atoms with van der Waals surface area (Å²) >= 11 is 0. The van der Waals surface area contributed by atoms with Gasteiger partial charge >= 0.3 is 0 Å². The molecule has 0 atom stereocenters. The van der Waals surface area contributed by atoms with Crippen LogP contribution in [-0.4, -0.2) is 23.1 Å². The molecule has 0 spiro atoms. The minimum atomic E-state index is -0.355. The largest absolute Gasteiger partial charge is 0.381 e. The molecular formula is C12H14FN5. The number of benzene rings is 1. The summed E-state index contributed by atoms with van der Waals surface area (Å²) in [5, 5.41) is 3.04. The van der Waals surface area contributed by atoms with Gasteiger partial charge in [0.25, 0.3) is 0 Å². The number of nitrogens with one attached hydrogen (secondary N) is 1. The highest BCUT2D eigenvalue weighted by Gasteiger charge is 2.11. The van der Waals surface area contributed by atoms with Crippen molar-refractivity contribution in [2.24, 2.45) is 5.73 Å². The summed E-state index contributed by atoms with van der Waals surface area (Å²) < 4.78 is 13.8. The molecule has 0 amide bonds. The Labute approximate surface area is 104 Å². The van der Waals surface area contributed by atoms with Crippen LogP contribution in [0.3, 0.4) is 0 Å². The Kier molecular flexibility index (Phi) is 3.69. The van der Waals surface area contributed by atoms with Gasteiger partial charge in [0.15, 0.2) is 0 Å². The second-order valence-corrected chi connectivity index (χ2v) is 3.69. The summed E-state index contributed by atoms with van der Waals surface area (Å²) in [7, 11) is 0. The fraction of sp³-hybridized carbons (Fsp3) is 0.167. The number of rotatable bonds is 4. The molecule has 0 saturated carbocycles. The van der Waals surface area contributed by atoms with E-state index in [0.29, 0.717) is 30.0 Å². The SMILES string of the molecule is NCCNc1cnc(N)nc1-c1ccccc1F. The highest BCUT2D eigenvalue weighted by atomic mass is 19.1. The minimum absolute atomic E-state index is 0.103. The monoisotopic (exact) mass is 247 g/mol. The topological polar surface area (TPSA) is 89.8 Å². The molecule has 0 fully saturated rings. The first-order chi connectivity index (χ1) is 8.72. The van der Waals surface area contributed by atoms with Crippen molar-refractivity contribution in [2.75, 3.05) is 24.1 Å². The van der Waals surface area contributed by atoms with Gasteiger partial charge in [-0.1, -0.05) is 12.1 Å². The maximum atomic E-state index is 13.8. The molecule has 18 heavy (non-hydrogen) atoms. The van der Waals surface area contributed by atoms with Gasteiger partial charge in [0, 0.05) is 18.7 Å². The first-order valence-electron chi connectivity index (χ1n) is 5.53. The molecule has 0 saturated heterocycles. The molecule has 1 heterocycles. The quantitative estimate of drug-likeness (QED) is 0.756. The Morgan fingerprint density at radius 2 is 2.06 bits per heavy atom. The molecule has 0 aliphatic rings. The molecule has 0 bridgehead atoms. The van der Waals surface area contributed by atoms with Crippen LogP contribution >= 0.6 is 0 Å². The van der Waals surface area contributed by atoms with E-state index in [2.05, 4.69) is 15.3 Å². The van der Waals surface area contributed by atoms with E-state index in [4.69, 9.17) is 11.5 Å². The van der Waals surface area contributed by atoms with Crippen molar-refractivity contribution < 1.29 is 4.39 Å². The van der Waals surface area contributed by atoms with Gasteiger partial charge < -0.3 is 16.8 Å². The van der Waals surface area contributed by atoms with Crippen molar-refractivity contribution in [1.29, 1.82) is 0 Å². The lowest BCUT2D eigenvalue weighted by Gasteiger charge is -2.11. The molecule has 0 aliphatic carbocycles. The standard InChI is InChI=1S/C12H14FN5/c13-9-4-2-1-3-8(9)11-10(16-6-5-14)7-17-12(15)18-11/h1-4,7,16H,5-6,14H2,(H2,15,17,18). The van der Waals surface area contributed by atoms with E-state index >= 15 is 0 Å². The summed E-state index contributed by atoms with van der Waals surface area (Å²) in [6.45, 7) is 1.01. The number of hydrogen-bond acceptors (Lipinski definition) is 5. The number of hydrogen-bond donors (Lipinski definition) is 3. The van der Waals surface area contributed by atoms with E-state index in [0.717, 1.165) is 0 Å². The number of nitrogen functional groups attached to an aromatic ring is 1. The van der Waals surface area contributed by atoms with Crippen LogP contribution in [0.2, 0.25) is 0 Å². The Morgan fingerprint density at radius 1 is 1.28 bits per heavy atom. The van der Waals surface area contributed by atoms with Crippen LogP contribution in [-0.2, 0) is 0 Å². The second kappa shape index (κ2) is 5.42. The number of anilines is 2. The molecule has 5 nitrogen and oxygen atoms in total. The average Bonchev–Trinajstić information content (AvgIpc) is 2.38. The minimum Gasteiger partial charge on any atom is -0.381 e. The summed E-state index contributed by atoms with van der Waals surface area (Å²) in [5.74, 6) is -0.252. The van der Waals surface area contributed by atoms with Crippen LogP contribution in [0.5, 0.6) is 0 Å². The molecule has 5 N–H and O–H groups in total. The summed E-state index contributed by atoms with van der Waals surface area (Å²) in [4.78, 5) is 7.97. The molecule has 0 radical (unpaired) electrons. The first-order valence-corrected chi connectivity index (χ1v) is 5.53. The molecule has 94 valence electrons. The zero-order valence-electron chi connectivity index (χ0n) is 9.73. The number of halogens is 1. The molecule has 0 unspecified atom stereocenters. The average molecular weight is 247 g/mol. The van der Waals surface area contributed by atoms with E-state index in [1.165, 1.54) is 12.3 Å². The number of nitrogens with two attached hydrogens (primary N) is 2. The summed E-state index contributed by atoms with van der Waals surface area (Å²) in [6, 6.07) is 6.38. The first kappa shape index (κ1) is 12.3. The second-order valence-electron chi connectivity index (χ2n) is 3.69. The van der Waals surface area contributed by atoms with Crippen LogP contribution in [0.1, 0.15) is 0 Å². The third-order valence-corrected chi connectivity index (χ3v) is 2.40. The van der Waals surface area contributed by atoms with Crippen LogP contribution in [0.25, 0.3) is 11.3 Å². The Bertz CT molecular complexity index is 544. The van der Waals surface area contributed by atoms with E-state index in [1.807, 2.05) is 0 Å². The maximum absolute atomic E-state index is 13.8. The van der Waals surface area contributed by atoms with Gasteiger partial charge in [-0.2, -0.15) is 0 Å². The van der Waals surface area contributed by atoms with E-state index in [-0.39, 0.29) is 11.8 Å². The van der Waals surface area contributed by atoms with Crippen molar-refractivity contribution in [3.05, 3.63) is 36.3 Å². The third-order valence-electron chi connectivity index (χ3n) is 2.40. The Hall–Kier alpha value is -2.21. The van der Waals surface area contributed by atoms with Gasteiger partial charge in [-0.25, -0.2) is 14.4 Å². The van der Waals surface area contributed by atoms with Gasteiger partial charge in [0.2, 0.25) is 5.95 Å². The van der Waals surface area contributed by atoms with Gasteiger partial charge in [-0.05, 0) is 12.1 Å². The molecule has 2 aromatic rings. The third kappa shape index (κ3) is 2.54. The number of nitrogens with zero attached hydrogens (tertiary/aromatic N) is 2. The molecule has 1 aromatic heterocycles. The summed E-state index contributed by atoms with van der Waals surface area (Å²) in [5.41, 5.74) is 12.4. The van der Waals surface area contributed by atoms with Crippen molar-refractivity contribution >= 4 is 11.6 Å². The van der Waals surface area contributed by atoms with E-state index < -0.39 is 0 Å². The molecular weight excluding hydrogens is 233 g/mol.